The van der Waals surface area contributed by atoms with Gasteiger partial charge in [-0.25, -0.2) is 4.98 Å². The number of halogens is 1. The lowest BCUT2D eigenvalue weighted by Gasteiger charge is -2.29. The van der Waals surface area contributed by atoms with Gasteiger partial charge in [-0.3, -0.25) is 4.79 Å². The molecule has 3 N–H and O–H groups in total. The van der Waals surface area contributed by atoms with Gasteiger partial charge in [0, 0.05) is 12.0 Å². The predicted molar refractivity (Wildman–Crippen MR) is 68.5 cm³/mol. The number of rotatable bonds is 6. The van der Waals surface area contributed by atoms with E-state index in [1.807, 2.05) is 13.8 Å². The maximum Gasteiger partial charge on any atom is 0.271 e. The van der Waals surface area contributed by atoms with Crippen LogP contribution in [0.25, 0.3) is 0 Å². The third-order valence-electron chi connectivity index (χ3n) is 3.26. The molecule has 0 saturated heterocycles. The van der Waals surface area contributed by atoms with Crippen molar-refractivity contribution in [3.05, 3.63) is 21.7 Å². The number of aliphatic hydroxyl groups is 1. The topological polar surface area (TPSA) is 78.0 Å². The Hall–Kier alpha value is -1.07. The molecular weight excluding hydrogens is 242 g/mol. The summed E-state index contributed by atoms with van der Waals surface area (Å²) in [4.78, 5) is 17.6. The first-order valence-electron chi connectivity index (χ1n) is 5.66. The molecule has 17 heavy (non-hydrogen) atoms. The largest absolute Gasteiger partial charge is 0.396 e. The summed E-state index contributed by atoms with van der Waals surface area (Å²) in [6.45, 7) is 4.67. The number of hydrogen-bond acceptors (Lipinski definition) is 4. The fraction of sp³-hybridized carbons (Fsp3) is 0.636. The molecule has 96 valence electrons. The molecule has 0 spiro atoms. The number of hydrogen-bond donors (Lipinski definition) is 3. The molecule has 0 fully saturated rings. The van der Waals surface area contributed by atoms with E-state index in [-0.39, 0.29) is 22.6 Å². The zero-order valence-electron chi connectivity index (χ0n) is 10.1. The van der Waals surface area contributed by atoms with E-state index in [1.54, 1.807) is 0 Å². The normalized spacial score (nSPS) is 11.5. The minimum Gasteiger partial charge on any atom is -0.396 e. The Morgan fingerprint density at radius 3 is 2.71 bits per heavy atom. The lowest BCUT2D eigenvalue weighted by molar-refractivity contribution is 0.127. The molecule has 0 aliphatic heterocycles. The molecule has 0 aromatic carbocycles. The van der Waals surface area contributed by atoms with Gasteiger partial charge in [0.15, 0.2) is 5.82 Å². The van der Waals surface area contributed by atoms with Gasteiger partial charge in [-0.15, -0.1) is 0 Å². The van der Waals surface area contributed by atoms with Gasteiger partial charge in [-0.05, 0) is 12.8 Å². The van der Waals surface area contributed by atoms with Gasteiger partial charge in [0.2, 0.25) is 0 Å². The fourth-order valence-electron chi connectivity index (χ4n) is 1.56. The van der Waals surface area contributed by atoms with Crippen molar-refractivity contribution in [2.75, 3.05) is 18.5 Å². The van der Waals surface area contributed by atoms with E-state index >= 15 is 0 Å². The molecule has 1 rings (SSSR count). The molecule has 0 atom stereocenters. The van der Waals surface area contributed by atoms with Crippen LogP contribution >= 0.6 is 11.6 Å². The number of nitrogens with one attached hydrogen (secondary N) is 2. The van der Waals surface area contributed by atoms with Crippen LogP contribution < -0.4 is 10.9 Å². The lowest BCUT2D eigenvalue weighted by atomic mass is 9.83. The van der Waals surface area contributed by atoms with E-state index in [4.69, 9.17) is 11.6 Å². The second kappa shape index (κ2) is 6.02. The Kier molecular flexibility index (Phi) is 4.96. The van der Waals surface area contributed by atoms with Gasteiger partial charge in [-0.2, -0.15) is 0 Å². The second-order valence-electron chi connectivity index (χ2n) is 4.11. The average molecular weight is 260 g/mol. The van der Waals surface area contributed by atoms with Gasteiger partial charge in [-0.1, -0.05) is 25.4 Å². The Morgan fingerprint density at radius 1 is 1.53 bits per heavy atom. The number of anilines is 1. The van der Waals surface area contributed by atoms with Crippen molar-refractivity contribution in [2.24, 2.45) is 5.41 Å². The summed E-state index contributed by atoms with van der Waals surface area (Å²) >= 11 is 5.82. The van der Waals surface area contributed by atoms with E-state index in [1.165, 1.54) is 6.33 Å². The first-order valence-corrected chi connectivity index (χ1v) is 6.04. The average Bonchev–Trinajstić information content (AvgIpc) is 2.36. The van der Waals surface area contributed by atoms with E-state index in [0.29, 0.717) is 12.4 Å². The molecule has 0 amide bonds. The molecule has 1 aromatic rings. The van der Waals surface area contributed by atoms with Crippen LogP contribution in [-0.2, 0) is 0 Å². The second-order valence-corrected chi connectivity index (χ2v) is 4.49. The summed E-state index contributed by atoms with van der Waals surface area (Å²) in [6.07, 6.45) is 2.98. The van der Waals surface area contributed by atoms with E-state index in [2.05, 4.69) is 15.3 Å². The van der Waals surface area contributed by atoms with Crippen LogP contribution in [0.4, 0.5) is 5.82 Å². The number of nitrogens with zero attached hydrogens (tertiary/aromatic N) is 1. The molecule has 0 bridgehead atoms. The monoisotopic (exact) mass is 259 g/mol. The third-order valence-corrected chi connectivity index (χ3v) is 3.61. The molecule has 0 aliphatic carbocycles. The van der Waals surface area contributed by atoms with Crippen molar-refractivity contribution in [2.45, 2.75) is 26.7 Å². The number of aromatic amines is 1. The zero-order chi connectivity index (χ0) is 12.9. The van der Waals surface area contributed by atoms with E-state index < -0.39 is 0 Å². The highest BCUT2D eigenvalue weighted by Gasteiger charge is 2.25. The van der Waals surface area contributed by atoms with Crippen LogP contribution in [0.15, 0.2) is 11.1 Å². The van der Waals surface area contributed by atoms with Crippen molar-refractivity contribution in [3.8, 4) is 0 Å². The van der Waals surface area contributed by atoms with Gasteiger partial charge >= 0.3 is 0 Å². The fourth-order valence-corrected chi connectivity index (χ4v) is 1.73. The molecule has 0 saturated carbocycles. The Balaban J connectivity index is 2.79. The van der Waals surface area contributed by atoms with Crippen molar-refractivity contribution in [3.63, 3.8) is 0 Å². The van der Waals surface area contributed by atoms with Crippen molar-refractivity contribution in [1.29, 1.82) is 0 Å². The smallest absolute Gasteiger partial charge is 0.271 e. The Morgan fingerprint density at radius 2 is 2.18 bits per heavy atom. The molecular formula is C11H18ClN3O2. The number of aromatic nitrogens is 2. The maximum atomic E-state index is 11.3. The third kappa shape index (κ3) is 3.20. The summed E-state index contributed by atoms with van der Waals surface area (Å²) < 4.78 is 0. The lowest BCUT2D eigenvalue weighted by Crippen LogP contribution is -2.33. The molecule has 6 heteroatoms. The highest BCUT2D eigenvalue weighted by Crippen LogP contribution is 2.26. The van der Waals surface area contributed by atoms with Gasteiger partial charge in [0.1, 0.15) is 5.02 Å². The van der Waals surface area contributed by atoms with Crippen molar-refractivity contribution in [1.82, 2.24) is 9.97 Å². The van der Waals surface area contributed by atoms with Crippen LogP contribution in [0.5, 0.6) is 0 Å². The summed E-state index contributed by atoms with van der Waals surface area (Å²) in [5, 5.41) is 12.5. The van der Waals surface area contributed by atoms with E-state index in [9.17, 15) is 9.90 Å². The van der Waals surface area contributed by atoms with Crippen molar-refractivity contribution >= 4 is 17.4 Å². The molecule has 0 unspecified atom stereocenters. The predicted octanol–water partition coefficient (Wildman–Crippen LogP) is 1.63. The standard InChI is InChI=1S/C11H18ClN3O2/c1-3-11(4-2,6-16)5-13-9-8(12)10(17)15-7-14-9/h7,16H,3-6H2,1-2H3,(H2,13,14,15,17). The van der Waals surface area contributed by atoms with Crippen LogP contribution in [0.1, 0.15) is 26.7 Å². The molecule has 1 heterocycles. The summed E-state index contributed by atoms with van der Waals surface area (Å²) in [5.41, 5.74) is -0.570. The Labute approximate surface area is 105 Å². The van der Waals surface area contributed by atoms with Crippen molar-refractivity contribution < 1.29 is 5.11 Å². The molecule has 5 nitrogen and oxygen atoms in total. The molecule has 0 aliphatic rings. The quantitative estimate of drug-likeness (QED) is 0.726. The summed E-state index contributed by atoms with van der Waals surface area (Å²) in [6, 6.07) is 0. The van der Waals surface area contributed by atoms with Crippen LogP contribution in [0.3, 0.4) is 0 Å². The highest BCUT2D eigenvalue weighted by molar-refractivity contribution is 6.32. The Bertz CT molecular complexity index is 407. The number of aliphatic hydroxyl groups excluding tert-OH is 1. The van der Waals surface area contributed by atoms with Crippen LogP contribution in [-0.4, -0.2) is 28.2 Å². The summed E-state index contributed by atoms with van der Waals surface area (Å²) in [7, 11) is 0. The maximum absolute atomic E-state index is 11.3. The van der Waals surface area contributed by atoms with Gasteiger partial charge in [0.05, 0.1) is 12.9 Å². The van der Waals surface area contributed by atoms with Crippen LogP contribution in [0, 0.1) is 5.41 Å². The molecule has 0 radical (unpaired) electrons. The van der Waals surface area contributed by atoms with E-state index in [0.717, 1.165) is 12.8 Å². The SMILES string of the molecule is CCC(CC)(CO)CNc1nc[nH]c(=O)c1Cl. The first kappa shape index (κ1) is 14.0. The van der Waals surface area contributed by atoms with Gasteiger partial charge in [0.25, 0.3) is 5.56 Å². The molecule has 1 aromatic heterocycles. The number of H-pyrrole nitrogens is 1. The highest BCUT2D eigenvalue weighted by atomic mass is 35.5. The van der Waals surface area contributed by atoms with Crippen LogP contribution in [0.2, 0.25) is 5.02 Å². The van der Waals surface area contributed by atoms with Gasteiger partial charge < -0.3 is 15.4 Å². The summed E-state index contributed by atoms with van der Waals surface area (Å²) in [5.74, 6) is 0.357. The minimum atomic E-state index is -0.369. The first-order chi connectivity index (χ1) is 8.08. The zero-order valence-corrected chi connectivity index (χ0v) is 10.8. The minimum absolute atomic E-state index is 0.0477.